The lowest BCUT2D eigenvalue weighted by molar-refractivity contribution is -0.0508. The molecule has 2 rings (SSSR count). The molecule has 1 aliphatic rings. The molecular weight excluding hydrogens is 242 g/mol. The summed E-state index contributed by atoms with van der Waals surface area (Å²) in [5, 5.41) is 8.96. The maximum atomic E-state index is 8.96. The van der Waals surface area contributed by atoms with Crippen LogP contribution in [0.25, 0.3) is 0 Å². The van der Waals surface area contributed by atoms with E-state index in [4.69, 9.17) is 14.6 Å². The summed E-state index contributed by atoms with van der Waals surface area (Å²) in [6, 6.07) is 6.22. The summed E-state index contributed by atoms with van der Waals surface area (Å²) in [6.45, 7) is 8.03. The van der Waals surface area contributed by atoms with Crippen LogP contribution in [-0.4, -0.2) is 55.6 Å². The van der Waals surface area contributed by atoms with Crippen LogP contribution >= 0.6 is 0 Å². The van der Waals surface area contributed by atoms with E-state index in [1.54, 1.807) is 0 Å². The van der Waals surface area contributed by atoms with Gasteiger partial charge in [-0.1, -0.05) is 6.07 Å². The Labute approximate surface area is 114 Å². The van der Waals surface area contributed by atoms with Crippen molar-refractivity contribution in [2.45, 2.75) is 20.0 Å². The first-order chi connectivity index (χ1) is 9.17. The van der Waals surface area contributed by atoms with E-state index in [0.717, 1.165) is 18.8 Å². The molecule has 0 aromatic heterocycles. The summed E-state index contributed by atoms with van der Waals surface area (Å²) < 4.78 is 11.5. The lowest BCUT2D eigenvalue weighted by Gasteiger charge is -2.32. The molecule has 0 spiro atoms. The average molecular weight is 265 g/mol. The van der Waals surface area contributed by atoms with E-state index in [0.29, 0.717) is 19.8 Å². The summed E-state index contributed by atoms with van der Waals surface area (Å²) in [6.07, 6.45) is 0.0844. The van der Waals surface area contributed by atoms with Crippen molar-refractivity contribution in [3.05, 3.63) is 29.3 Å². The molecule has 0 amide bonds. The number of β-amino-alcohol motifs (C(OH)–C–C–N with tert-alkyl or cyclic N) is 1. The largest absolute Gasteiger partial charge is 0.491 e. The van der Waals surface area contributed by atoms with Gasteiger partial charge < -0.3 is 14.6 Å². The standard InChI is InChI=1S/C15H23NO3/c1-12-7-13(2)9-14(8-12)19-11-15-10-16(3-5-17)4-6-18-15/h7-9,15,17H,3-6,10-11H2,1-2H3/t15-/m1/s1. The molecular formula is C15H23NO3. The molecule has 1 atom stereocenters. The molecule has 1 aliphatic heterocycles. The average Bonchev–Trinajstić information content (AvgIpc) is 2.36. The summed E-state index contributed by atoms with van der Waals surface area (Å²) in [7, 11) is 0. The molecule has 0 saturated carbocycles. The van der Waals surface area contributed by atoms with Crippen LogP contribution in [0, 0.1) is 13.8 Å². The maximum absolute atomic E-state index is 8.96. The summed E-state index contributed by atoms with van der Waals surface area (Å²) in [5.41, 5.74) is 2.42. The first kappa shape index (κ1) is 14.3. The minimum absolute atomic E-state index is 0.0844. The van der Waals surface area contributed by atoms with Crippen molar-refractivity contribution in [1.82, 2.24) is 4.90 Å². The van der Waals surface area contributed by atoms with Crippen LogP contribution in [0.5, 0.6) is 5.75 Å². The van der Waals surface area contributed by atoms with Gasteiger partial charge in [0, 0.05) is 19.6 Å². The smallest absolute Gasteiger partial charge is 0.119 e. The van der Waals surface area contributed by atoms with Gasteiger partial charge in [0.2, 0.25) is 0 Å². The minimum atomic E-state index is 0.0844. The van der Waals surface area contributed by atoms with Crippen LogP contribution in [0.1, 0.15) is 11.1 Å². The second-order valence-corrected chi connectivity index (χ2v) is 5.15. The Balaban J connectivity index is 1.84. The van der Waals surface area contributed by atoms with Crippen molar-refractivity contribution in [3.8, 4) is 5.75 Å². The quantitative estimate of drug-likeness (QED) is 0.873. The van der Waals surface area contributed by atoms with Gasteiger partial charge in [-0.25, -0.2) is 0 Å². The fourth-order valence-electron chi connectivity index (χ4n) is 2.43. The fourth-order valence-corrected chi connectivity index (χ4v) is 2.43. The van der Waals surface area contributed by atoms with Gasteiger partial charge in [-0.2, -0.15) is 0 Å². The Morgan fingerprint density at radius 1 is 1.32 bits per heavy atom. The van der Waals surface area contributed by atoms with Crippen molar-refractivity contribution in [2.24, 2.45) is 0 Å². The predicted molar refractivity (Wildman–Crippen MR) is 74.7 cm³/mol. The molecule has 1 fully saturated rings. The van der Waals surface area contributed by atoms with Crippen LogP contribution in [0.15, 0.2) is 18.2 Å². The SMILES string of the molecule is Cc1cc(C)cc(OC[C@H]2CN(CCO)CCO2)c1. The first-order valence-corrected chi connectivity index (χ1v) is 6.83. The number of rotatable bonds is 5. The number of morpholine rings is 1. The van der Waals surface area contributed by atoms with Gasteiger partial charge in [-0.15, -0.1) is 0 Å². The van der Waals surface area contributed by atoms with E-state index in [9.17, 15) is 0 Å². The molecule has 19 heavy (non-hydrogen) atoms. The van der Waals surface area contributed by atoms with Crippen LogP contribution in [0.2, 0.25) is 0 Å². The molecule has 0 aliphatic carbocycles. The van der Waals surface area contributed by atoms with Crippen molar-refractivity contribution in [2.75, 3.05) is 39.5 Å². The van der Waals surface area contributed by atoms with Gasteiger partial charge in [0.1, 0.15) is 18.5 Å². The van der Waals surface area contributed by atoms with Gasteiger partial charge in [-0.05, 0) is 37.1 Å². The van der Waals surface area contributed by atoms with Gasteiger partial charge in [0.05, 0.1) is 13.2 Å². The first-order valence-electron chi connectivity index (χ1n) is 6.83. The molecule has 1 aromatic rings. The second kappa shape index (κ2) is 6.89. The zero-order chi connectivity index (χ0) is 13.7. The molecule has 0 radical (unpaired) electrons. The molecule has 4 heteroatoms. The number of aliphatic hydroxyl groups excluding tert-OH is 1. The molecule has 1 N–H and O–H groups in total. The molecule has 1 saturated heterocycles. The fraction of sp³-hybridized carbons (Fsp3) is 0.600. The third-order valence-electron chi connectivity index (χ3n) is 3.27. The van der Waals surface area contributed by atoms with E-state index in [-0.39, 0.29) is 12.7 Å². The summed E-state index contributed by atoms with van der Waals surface area (Å²) in [5.74, 6) is 0.903. The van der Waals surface area contributed by atoms with Crippen molar-refractivity contribution in [3.63, 3.8) is 0 Å². The topological polar surface area (TPSA) is 41.9 Å². The second-order valence-electron chi connectivity index (χ2n) is 5.15. The molecule has 0 bridgehead atoms. The number of nitrogens with zero attached hydrogens (tertiary/aromatic N) is 1. The minimum Gasteiger partial charge on any atom is -0.491 e. The number of benzene rings is 1. The van der Waals surface area contributed by atoms with Gasteiger partial charge >= 0.3 is 0 Å². The Morgan fingerprint density at radius 2 is 2.05 bits per heavy atom. The molecule has 4 nitrogen and oxygen atoms in total. The monoisotopic (exact) mass is 265 g/mol. The highest BCUT2D eigenvalue weighted by molar-refractivity contribution is 5.32. The third-order valence-corrected chi connectivity index (χ3v) is 3.27. The zero-order valence-corrected chi connectivity index (χ0v) is 11.8. The molecule has 106 valence electrons. The Hall–Kier alpha value is -1.10. The van der Waals surface area contributed by atoms with Gasteiger partial charge in [0.25, 0.3) is 0 Å². The van der Waals surface area contributed by atoms with Crippen LogP contribution in [0.3, 0.4) is 0 Å². The maximum Gasteiger partial charge on any atom is 0.119 e. The lowest BCUT2D eigenvalue weighted by Crippen LogP contribution is -2.45. The van der Waals surface area contributed by atoms with Crippen LogP contribution in [-0.2, 0) is 4.74 Å². The van der Waals surface area contributed by atoms with E-state index in [1.165, 1.54) is 11.1 Å². The highest BCUT2D eigenvalue weighted by atomic mass is 16.5. The Bertz CT molecular complexity index is 386. The Morgan fingerprint density at radius 3 is 2.74 bits per heavy atom. The highest BCUT2D eigenvalue weighted by Crippen LogP contribution is 2.17. The van der Waals surface area contributed by atoms with Gasteiger partial charge in [0.15, 0.2) is 0 Å². The summed E-state index contributed by atoms with van der Waals surface area (Å²) in [4.78, 5) is 2.21. The van der Waals surface area contributed by atoms with E-state index in [1.807, 2.05) is 12.1 Å². The van der Waals surface area contributed by atoms with E-state index >= 15 is 0 Å². The number of aliphatic hydroxyl groups is 1. The van der Waals surface area contributed by atoms with Crippen molar-refractivity contribution in [1.29, 1.82) is 0 Å². The molecule has 0 unspecified atom stereocenters. The number of aryl methyl sites for hydroxylation is 2. The zero-order valence-electron chi connectivity index (χ0n) is 11.8. The van der Waals surface area contributed by atoms with Crippen LogP contribution < -0.4 is 4.74 Å². The lowest BCUT2D eigenvalue weighted by atomic mass is 10.1. The van der Waals surface area contributed by atoms with Crippen LogP contribution in [0.4, 0.5) is 0 Å². The van der Waals surface area contributed by atoms with E-state index < -0.39 is 0 Å². The predicted octanol–water partition coefficient (Wildman–Crippen LogP) is 1.38. The van der Waals surface area contributed by atoms with Crippen molar-refractivity contribution < 1.29 is 14.6 Å². The Kier molecular flexibility index (Phi) is 5.19. The third kappa shape index (κ3) is 4.49. The van der Waals surface area contributed by atoms with E-state index in [2.05, 4.69) is 24.8 Å². The normalized spacial score (nSPS) is 20.5. The number of hydrogen-bond donors (Lipinski definition) is 1. The molecule has 1 aromatic carbocycles. The molecule has 1 heterocycles. The van der Waals surface area contributed by atoms with Gasteiger partial charge in [-0.3, -0.25) is 4.90 Å². The number of hydrogen-bond acceptors (Lipinski definition) is 4. The van der Waals surface area contributed by atoms with Crippen molar-refractivity contribution >= 4 is 0 Å². The highest BCUT2D eigenvalue weighted by Gasteiger charge is 2.20. The number of ether oxygens (including phenoxy) is 2. The summed E-state index contributed by atoms with van der Waals surface area (Å²) >= 11 is 0.